The van der Waals surface area contributed by atoms with E-state index in [2.05, 4.69) is 10.6 Å². The molecule has 100 valence electrons. The zero-order chi connectivity index (χ0) is 13.6. The second-order valence-corrected chi connectivity index (χ2v) is 5.86. The number of imide groups is 1. The monoisotopic (exact) mass is 288 g/mol. The number of alkyl halides is 1. The number of hydrogen-bond acceptors (Lipinski definition) is 3. The van der Waals surface area contributed by atoms with Gasteiger partial charge < -0.3 is 5.32 Å². The molecule has 1 aromatic heterocycles. The van der Waals surface area contributed by atoms with E-state index < -0.39 is 6.03 Å². The van der Waals surface area contributed by atoms with Crippen molar-refractivity contribution in [2.24, 2.45) is 0 Å². The zero-order valence-electron chi connectivity index (χ0n) is 10.5. The Balaban J connectivity index is 2.41. The van der Waals surface area contributed by atoms with Gasteiger partial charge in [0.1, 0.15) is 0 Å². The lowest BCUT2D eigenvalue weighted by Gasteiger charge is -2.23. The van der Waals surface area contributed by atoms with Crippen molar-refractivity contribution in [3.8, 4) is 0 Å². The minimum absolute atomic E-state index is 0.142. The van der Waals surface area contributed by atoms with Crippen molar-refractivity contribution in [3.05, 3.63) is 22.4 Å². The van der Waals surface area contributed by atoms with Crippen LogP contribution in [0.4, 0.5) is 4.79 Å². The van der Waals surface area contributed by atoms with Gasteiger partial charge in [-0.25, -0.2) is 4.79 Å². The fourth-order valence-corrected chi connectivity index (χ4v) is 2.39. The van der Waals surface area contributed by atoms with E-state index in [0.717, 1.165) is 0 Å². The highest BCUT2D eigenvalue weighted by Gasteiger charge is 2.22. The molecule has 0 radical (unpaired) electrons. The predicted octanol–water partition coefficient (Wildman–Crippen LogP) is 2.48. The highest BCUT2D eigenvalue weighted by Crippen LogP contribution is 2.26. The maximum atomic E-state index is 11.5. The lowest BCUT2D eigenvalue weighted by atomic mass is 9.91. The summed E-state index contributed by atoms with van der Waals surface area (Å²) in [4.78, 5) is 23.8. The summed E-state index contributed by atoms with van der Waals surface area (Å²) in [6, 6.07) is 3.53. The van der Waals surface area contributed by atoms with Crippen molar-refractivity contribution >= 4 is 34.9 Å². The lowest BCUT2D eigenvalue weighted by Crippen LogP contribution is -2.44. The molecule has 0 fully saturated rings. The molecule has 1 heterocycles. The van der Waals surface area contributed by atoms with Crippen LogP contribution in [-0.4, -0.2) is 24.4 Å². The average molecular weight is 289 g/mol. The van der Waals surface area contributed by atoms with Gasteiger partial charge in [-0.15, -0.1) is 22.9 Å². The molecule has 0 unspecified atom stereocenters. The van der Waals surface area contributed by atoms with E-state index in [1.165, 1.54) is 4.88 Å². The first-order valence-electron chi connectivity index (χ1n) is 5.63. The van der Waals surface area contributed by atoms with Crippen LogP contribution in [0, 0.1) is 0 Å². The molecule has 1 rings (SSSR count). The first-order valence-corrected chi connectivity index (χ1v) is 7.05. The Morgan fingerprint density at radius 1 is 1.44 bits per heavy atom. The smallest absolute Gasteiger partial charge is 0.321 e. The van der Waals surface area contributed by atoms with Crippen LogP contribution in [-0.2, 0) is 10.2 Å². The molecule has 18 heavy (non-hydrogen) atoms. The Labute approximate surface area is 116 Å². The lowest BCUT2D eigenvalue weighted by molar-refractivity contribution is -0.119. The second-order valence-electron chi connectivity index (χ2n) is 4.53. The molecule has 3 amide bonds. The van der Waals surface area contributed by atoms with Gasteiger partial charge in [0.05, 0.1) is 0 Å². The topological polar surface area (TPSA) is 58.2 Å². The number of hydrogen-bond donors (Lipinski definition) is 2. The average Bonchev–Trinajstić information content (AvgIpc) is 2.81. The Bertz CT molecular complexity index is 404. The van der Waals surface area contributed by atoms with E-state index in [9.17, 15) is 9.59 Å². The third kappa shape index (κ3) is 4.66. The molecule has 4 nitrogen and oxygen atoms in total. The fourth-order valence-electron chi connectivity index (χ4n) is 1.37. The molecular weight excluding hydrogens is 272 g/mol. The van der Waals surface area contributed by atoms with Crippen LogP contribution < -0.4 is 10.6 Å². The van der Waals surface area contributed by atoms with Crippen LogP contribution in [0.3, 0.4) is 0 Å². The summed E-state index contributed by atoms with van der Waals surface area (Å²) in [5.74, 6) is -0.156. The van der Waals surface area contributed by atoms with Crippen LogP contribution >= 0.6 is 22.9 Å². The quantitative estimate of drug-likeness (QED) is 0.818. The van der Waals surface area contributed by atoms with Crippen molar-refractivity contribution < 1.29 is 9.59 Å². The summed E-state index contributed by atoms with van der Waals surface area (Å²) in [5, 5.41) is 6.92. The Morgan fingerprint density at radius 3 is 2.72 bits per heavy atom. The van der Waals surface area contributed by atoms with Crippen molar-refractivity contribution in [3.63, 3.8) is 0 Å². The third-order valence-electron chi connectivity index (χ3n) is 2.45. The van der Waals surface area contributed by atoms with Crippen molar-refractivity contribution in [1.82, 2.24) is 10.6 Å². The van der Waals surface area contributed by atoms with Gasteiger partial charge in [0.15, 0.2) is 0 Å². The maximum Gasteiger partial charge on any atom is 0.321 e. The van der Waals surface area contributed by atoms with Gasteiger partial charge in [-0.2, -0.15) is 0 Å². The Hall–Kier alpha value is -1.07. The molecule has 1 aromatic rings. The Morgan fingerprint density at radius 2 is 2.17 bits per heavy atom. The minimum atomic E-state index is -0.477. The SMILES string of the molecule is CC(C)(CNC(=O)NC(=O)CCCl)c1cccs1. The molecule has 0 bridgehead atoms. The molecule has 0 saturated carbocycles. The second kappa shape index (κ2) is 6.75. The number of thiophene rings is 1. The number of amides is 3. The van der Waals surface area contributed by atoms with E-state index in [0.29, 0.717) is 6.54 Å². The molecule has 0 atom stereocenters. The fraction of sp³-hybridized carbons (Fsp3) is 0.500. The largest absolute Gasteiger partial charge is 0.337 e. The molecular formula is C12H17ClN2O2S. The summed E-state index contributed by atoms with van der Waals surface area (Å²) < 4.78 is 0. The first kappa shape index (κ1) is 15.0. The van der Waals surface area contributed by atoms with E-state index in [-0.39, 0.29) is 23.6 Å². The van der Waals surface area contributed by atoms with E-state index in [1.54, 1.807) is 11.3 Å². The maximum absolute atomic E-state index is 11.5. The van der Waals surface area contributed by atoms with Crippen LogP contribution in [0.5, 0.6) is 0 Å². The summed E-state index contributed by atoms with van der Waals surface area (Å²) >= 11 is 7.05. The first-order chi connectivity index (χ1) is 8.45. The van der Waals surface area contributed by atoms with Gasteiger partial charge in [-0.3, -0.25) is 10.1 Å². The number of carbonyl (C=O) groups excluding carboxylic acids is 2. The van der Waals surface area contributed by atoms with Crippen LogP contribution in [0.2, 0.25) is 0 Å². The Kier molecular flexibility index (Phi) is 5.62. The van der Waals surface area contributed by atoms with Gasteiger partial charge in [-0.1, -0.05) is 19.9 Å². The van der Waals surface area contributed by atoms with Gasteiger partial charge in [-0.05, 0) is 11.4 Å². The molecule has 0 spiro atoms. The van der Waals surface area contributed by atoms with Crippen LogP contribution in [0.1, 0.15) is 25.1 Å². The highest BCUT2D eigenvalue weighted by molar-refractivity contribution is 7.10. The number of halogens is 1. The minimum Gasteiger partial charge on any atom is -0.337 e. The summed E-state index contributed by atoms with van der Waals surface area (Å²) in [7, 11) is 0. The van der Waals surface area contributed by atoms with Gasteiger partial charge >= 0.3 is 6.03 Å². The summed E-state index contributed by atoms with van der Waals surface area (Å²) in [6.45, 7) is 4.55. The van der Waals surface area contributed by atoms with Gasteiger partial charge in [0.2, 0.25) is 5.91 Å². The molecule has 0 aliphatic rings. The number of rotatable bonds is 5. The van der Waals surface area contributed by atoms with Crippen LogP contribution in [0.15, 0.2) is 17.5 Å². The van der Waals surface area contributed by atoms with E-state index in [4.69, 9.17) is 11.6 Å². The summed E-state index contributed by atoms with van der Waals surface area (Å²) in [6.07, 6.45) is 0.142. The van der Waals surface area contributed by atoms with Crippen molar-refractivity contribution in [2.75, 3.05) is 12.4 Å². The zero-order valence-corrected chi connectivity index (χ0v) is 12.0. The van der Waals surface area contributed by atoms with Gasteiger partial charge in [0, 0.05) is 29.1 Å². The predicted molar refractivity (Wildman–Crippen MR) is 74.2 cm³/mol. The van der Waals surface area contributed by atoms with Gasteiger partial charge in [0.25, 0.3) is 0 Å². The standard InChI is InChI=1S/C12H17ClN2O2S/c1-12(2,9-4-3-7-18-9)8-14-11(17)15-10(16)5-6-13/h3-4,7H,5-6,8H2,1-2H3,(H2,14,15,16,17). The number of nitrogens with one attached hydrogen (secondary N) is 2. The van der Waals surface area contributed by atoms with Crippen molar-refractivity contribution in [2.45, 2.75) is 25.7 Å². The number of urea groups is 1. The van der Waals surface area contributed by atoms with E-state index >= 15 is 0 Å². The number of carbonyl (C=O) groups is 2. The summed E-state index contributed by atoms with van der Waals surface area (Å²) in [5.41, 5.74) is -0.152. The molecule has 0 aliphatic carbocycles. The molecule has 2 N–H and O–H groups in total. The normalized spacial score (nSPS) is 11.1. The highest BCUT2D eigenvalue weighted by atomic mass is 35.5. The molecule has 0 saturated heterocycles. The van der Waals surface area contributed by atoms with E-state index in [1.807, 2.05) is 31.4 Å². The molecule has 0 aliphatic heterocycles. The molecule has 6 heteroatoms. The van der Waals surface area contributed by atoms with Crippen LogP contribution in [0.25, 0.3) is 0 Å². The third-order valence-corrected chi connectivity index (χ3v) is 3.88. The molecule has 0 aromatic carbocycles. The van der Waals surface area contributed by atoms with Crippen molar-refractivity contribution in [1.29, 1.82) is 0 Å².